The first kappa shape index (κ1) is 24.8. The molecule has 39 heavy (non-hydrogen) atoms. The lowest BCUT2D eigenvalue weighted by Crippen LogP contribution is -2.13. The Morgan fingerprint density at radius 1 is 0.667 bits per heavy atom. The molecule has 0 radical (unpaired) electrons. The summed E-state index contributed by atoms with van der Waals surface area (Å²) in [6, 6.07) is 27.2. The molecule has 4 aromatic rings. The molecular weight excluding hydrogens is 494 g/mol. The Morgan fingerprint density at radius 2 is 1.13 bits per heavy atom. The Hall–Kier alpha value is -5.83. The van der Waals surface area contributed by atoms with Gasteiger partial charge in [0.2, 0.25) is 0 Å². The predicted octanol–water partition coefficient (Wildman–Crippen LogP) is 5.41. The normalized spacial score (nSPS) is 11.5. The number of fused-ring (bicyclic) bond motifs is 3. The fourth-order valence-corrected chi connectivity index (χ4v) is 4.62. The van der Waals surface area contributed by atoms with Gasteiger partial charge in [-0.05, 0) is 81.4 Å². The third-order valence-electron chi connectivity index (χ3n) is 6.57. The molecule has 0 atom stereocenters. The number of carboxylic acid groups (broad SMARTS) is 1. The summed E-state index contributed by atoms with van der Waals surface area (Å²) in [5.41, 5.74) is 5.30. The monoisotopic (exact) mass is 511 g/mol. The number of allylic oxidation sites excluding steroid dienone is 2. The van der Waals surface area contributed by atoms with Gasteiger partial charge in [0.25, 0.3) is 0 Å². The molecule has 0 saturated heterocycles. The number of nitrogens with zero attached hydrogens (tertiary/aromatic N) is 2. The highest BCUT2D eigenvalue weighted by Crippen LogP contribution is 2.43. The SMILES string of the molecule is N#CC(C#N)=C1C(=O)c2ccc(-c3ccc(C(=O)ON)cc3)cc2-c2cc(-c3ccc(C(=O)O)cc3)ccc21. The second-order valence-electron chi connectivity index (χ2n) is 8.69. The van der Waals surface area contributed by atoms with E-state index in [4.69, 9.17) is 5.90 Å². The van der Waals surface area contributed by atoms with E-state index in [1.807, 2.05) is 24.3 Å². The molecule has 1 aliphatic rings. The molecule has 0 amide bonds. The number of rotatable bonds is 4. The molecule has 0 unspecified atom stereocenters. The molecule has 5 rings (SSSR count). The van der Waals surface area contributed by atoms with Crippen molar-refractivity contribution in [3.05, 3.63) is 113 Å². The van der Waals surface area contributed by atoms with Crippen molar-refractivity contribution in [2.45, 2.75) is 0 Å². The van der Waals surface area contributed by atoms with Crippen LogP contribution in [0.25, 0.3) is 39.0 Å². The lowest BCUT2D eigenvalue weighted by Gasteiger charge is -2.23. The molecule has 3 N–H and O–H groups in total. The van der Waals surface area contributed by atoms with E-state index in [0.717, 1.165) is 22.3 Å². The summed E-state index contributed by atoms with van der Waals surface area (Å²) in [4.78, 5) is 40.7. The molecule has 0 bridgehead atoms. The number of nitriles is 2. The highest BCUT2D eigenvalue weighted by atomic mass is 16.7. The van der Waals surface area contributed by atoms with Crippen LogP contribution < -0.4 is 5.90 Å². The van der Waals surface area contributed by atoms with Gasteiger partial charge >= 0.3 is 11.9 Å². The number of nitrogens with two attached hydrogens (primary N) is 1. The van der Waals surface area contributed by atoms with E-state index >= 15 is 0 Å². The molecular formula is C31H17N3O5. The van der Waals surface area contributed by atoms with Crippen molar-refractivity contribution in [3.63, 3.8) is 0 Å². The van der Waals surface area contributed by atoms with E-state index in [1.54, 1.807) is 60.7 Å². The van der Waals surface area contributed by atoms with Crippen molar-refractivity contribution in [2.24, 2.45) is 5.90 Å². The van der Waals surface area contributed by atoms with Crippen molar-refractivity contribution in [1.29, 1.82) is 10.5 Å². The summed E-state index contributed by atoms with van der Waals surface area (Å²) < 4.78 is 0. The van der Waals surface area contributed by atoms with Crippen LogP contribution in [0.3, 0.4) is 0 Å². The minimum Gasteiger partial charge on any atom is -0.478 e. The average molecular weight is 511 g/mol. The van der Waals surface area contributed by atoms with Gasteiger partial charge in [0.15, 0.2) is 5.78 Å². The predicted molar refractivity (Wildman–Crippen MR) is 142 cm³/mol. The van der Waals surface area contributed by atoms with Crippen LogP contribution in [0, 0.1) is 22.7 Å². The number of Topliss-reactive ketones (excluding diaryl/α,β-unsaturated/α-hetero) is 1. The van der Waals surface area contributed by atoms with Gasteiger partial charge in [-0.15, -0.1) is 0 Å². The van der Waals surface area contributed by atoms with Gasteiger partial charge < -0.3 is 9.94 Å². The summed E-state index contributed by atoms with van der Waals surface area (Å²) in [5.74, 6) is 2.84. The minimum absolute atomic E-state index is 0.0349. The lowest BCUT2D eigenvalue weighted by atomic mass is 9.78. The molecule has 8 nitrogen and oxygen atoms in total. The van der Waals surface area contributed by atoms with Gasteiger partial charge in [-0.1, -0.05) is 42.5 Å². The van der Waals surface area contributed by atoms with Crippen LogP contribution in [-0.2, 0) is 4.84 Å². The van der Waals surface area contributed by atoms with Gasteiger partial charge in [0.05, 0.1) is 16.7 Å². The molecule has 0 heterocycles. The topological polar surface area (TPSA) is 154 Å². The van der Waals surface area contributed by atoms with Crippen molar-refractivity contribution in [3.8, 4) is 45.5 Å². The number of carbonyl (C=O) groups is 3. The smallest absolute Gasteiger partial charge is 0.356 e. The average Bonchev–Trinajstić information content (AvgIpc) is 2.98. The van der Waals surface area contributed by atoms with E-state index in [1.165, 1.54) is 12.1 Å². The lowest BCUT2D eigenvalue weighted by molar-refractivity contribution is 0.0503. The Morgan fingerprint density at radius 3 is 1.62 bits per heavy atom. The maximum Gasteiger partial charge on any atom is 0.356 e. The van der Waals surface area contributed by atoms with Crippen LogP contribution in [0.4, 0.5) is 0 Å². The van der Waals surface area contributed by atoms with Gasteiger partial charge in [-0.25, -0.2) is 9.59 Å². The Kier molecular flexibility index (Phi) is 6.31. The molecule has 0 spiro atoms. The van der Waals surface area contributed by atoms with Gasteiger partial charge in [0, 0.05) is 5.56 Å². The van der Waals surface area contributed by atoms with E-state index in [2.05, 4.69) is 4.84 Å². The Bertz CT molecular complexity index is 1790. The zero-order valence-electron chi connectivity index (χ0n) is 20.1. The highest BCUT2D eigenvalue weighted by molar-refractivity contribution is 6.36. The van der Waals surface area contributed by atoms with Crippen LogP contribution in [0.1, 0.15) is 36.6 Å². The molecule has 0 aliphatic heterocycles. The van der Waals surface area contributed by atoms with E-state index < -0.39 is 17.7 Å². The second-order valence-corrected chi connectivity index (χ2v) is 8.69. The fourth-order valence-electron chi connectivity index (χ4n) is 4.62. The third kappa shape index (κ3) is 4.34. The summed E-state index contributed by atoms with van der Waals surface area (Å²) in [6.45, 7) is 0. The maximum atomic E-state index is 13.5. The Balaban J connectivity index is 1.70. The summed E-state index contributed by atoms with van der Waals surface area (Å²) in [7, 11) is 0. The van der Waals surface area contributed by atoms with Crippen molar-refractivity contribution >= 4 is 23.3 Å². The van der Waals surface area contributed by atoms with Crippen LogP contribution >= 0.6 is 0 Å². The van der Waals surface area contributed by atoms with E-state index in [-0.39, 0.29) is 22.3 Å². The minimum atomic E-state index is -1.03. The number of ketones is 1. The third-order valence-corrected chi connectivity index (χ3v) is 6.57. The zero-order valence-corrected chi connectivity index (χ0v) is 20.1. The van der Waals surface area contributed by atoms with Crippen LogP contribution in [-0.4, -0.2) is 22.8 Å². The summed E-state index contributed by atoms with van der Waals surface area (Å²) in [5, 5.41) is 28.4. The zero-order chi connectivity index (χ0) is 27.7. The number of hydrogen-bond donors (Lipinski definition) is 2. The van der Waals surface area contributed by atoms with Crippen LogP contribution in [0.2, 0.25) is 0 Å². The molecule has 0 saturated carbocycles. The van der Waals surface area contributed by atoms with Crippen LogP contribution in [0.5, 0.6) is 0 Å². The molecule has 0 aromatic heterocycles. The summed E-state index contributed by atoms with van der Waals surface area (Å²) >= 11 is 0. The van der Waals surface area contributed by atoms with Gasteiger partial charge in [0.1, 0.15) is 17.7 Å². The largest absolute Gasteiger partial charge is 0.478 e. The molecule has 0 fully saturated rings. The highest BCUT2D eigenvalue weighted by Gasteiger charge is 2.31. The van der Waals surface area contributed by atoms with Gasteiger partial charge in [-0.3, -0.25) is 4.79 Å². The van der Waals surface area contributed by atoms with E-state index in [0.29, 0.717) is 22.3 Å². The number of benzene rings is 4. The second kappa shape index (κ2) is 9.91. The first-order valence-electron chi connectivity index (χ1n) is 11.6. The maximum absolute atomic E-state index is 13.5. The molecule has 4 aromatic carbocycles. The standard InChI is InChI=1S/C31H17N3O5/c32-15-23(16-33)28-24-11-9-21(17-1-5-19(6-2-17)30(36)37)13-26(24)27-14-22(10-12-25(27)29(28)35)18-3-7-20(8-4-18)31(38)39-34/h1-14H,34H2,(H,36,37). The molecule has 186 valence electrons. The van der Waals surface area contributed by atoms with Crippen molar-refractivity contribution < 1.29 is 24.3 Å². The Labute approximate surface area is 222 Å². The summed E-state index contributed by atoms with van der Waals surface area (Å²) in [6.07, 6.45) is 0. The van der Waals surface area contributed by atoms with E-state index in [9.17, 15) is 30.0 Å². The van der Waals surface area contributed by atoms with Gasteiger partial charge in [-0.2, -0.15) is 16.4 Å². The van der Waals surface area contributed by atoms with Crippen LogP contribution in [0.15, 0.2) is 90.5 Å². The first-order chi connectivity index (χ1) is 18.9. The quantitative estimate of drug-likeness (QED) is 0.209. The number of carboxylic acids is 1. The molecule has 1 aliphatic carbocycles. The number of aromatic carboxylic acids is 1. The van der Waals surface area contributed by atoms with Crippen molar-refractivity contribution in [1.82, 2.24) is 0 Å². The van der Waals surface area contributed by atoms with Crippen molar-refractivity contribution in [2.75, 3.05) is 0 Å². The molecule has 8 heteroatoms. The number of hydrogen-bond acceptors (Lipinski definition) is 7. The number of carbonyl (C=O) groups excluding carboxylic acids is 2. The fraction of sp³-hybridized carbons (Fsp3) is 0. The first-order valence-corrected chi connectivity index (χ1v) is 11.6.